The second kappa shape index (κ2) is 8.29. The number of unbranched alkanes of at least 4 members (excludes halogenated alkanes) is 1. The van der Waals surface area contributed by atoms with Crippen molar-refractivity contribution in [3.63, 3.8) is 0 Å². The number of ether oxygens (including phenoxy) is 1. The highest BCUT2D eigenvalue weighted by atomic mass is 32.2. The van der Waals surface area contributed by atoms with Crippen LogP contribution in [0.2, 0.25) is 0 Å². The van der Waals surface area contributed by atoms with Crippen LogP contribution < -0.4 is 0 Å². The van der Waals surface area contributed by atoms with E-state index in [1.54, 1.807) is 30.5 Å². The molecule has 1 aromatic carbocycles. The Morgan fingerprint density at radius 2 is 1.94 bits per heavy atom. The van der Waals surface area contributed by atoms with Crippen LogP contribution in [0.25, 0.3) is 0 Å². The van der Waals surface area contributed by atoms with Crippen LogP contribution in [-0.2, 0) is 15.9 Å². The average molecular weight is 268 g/mol. The predicted octanol–water partition coefficient (Wildman–Crippen LogP) is 2.81. The maximum absolute atomic E-state index is 11.8. The van der Waals surface area contributed by atoms with Gasteiger partial charge < -0.3 is 9.29 Å². The zero-order valence-electron chi connectivity index (χ0n) is 11.0. The summed E-state index contributed by atoms with van der Waals surface area (Å²) in [6.07, 6.45) is 3.93. The van der Waals surface area contributed by atoms with Crippen molar-refractivity contribution in [2.45, 2.75) is 31.1 Å². The monoisotopic (exact) mass is 268 g/mol. The summed E-state index contributed by atoms with van der Waals surface area (Å²) >= 11 is -0.987. The number of Topliss-reactive ketones (excluding diaryl/α,β-unsaturated/α-hetero) is 1. The zero-order valence-corrected chi connectivity index (χ0v) is 11.8. The molecule has 0 spiro atoms. The first kappa shape index (κ1) is 15.2. The van der Waals surface area contributed by atoms with E-state index < -0.39 is 11.2 Å². The molecule has 1 rings (SSSR count). The highest BCUT2D eigenvalue weighted by Gasteiger charge is 2.08. The molecule has 4 heteroatoms. The second-order valence-corrected chi connectivity index (χ2v) is 5.44. The molecule has 100 valence electrons. The molecule has 0 aliphatic heterocycles. The lowest BCUT2D eigenvalue weighted by molar-refractivity contribution is 0.0970. The number of hydrogen-bond acceptors (Lipinski definition) is 3. The van der Waals surface area contributed by atoms with Crippen LogP contribution in [-0.4, -0.2) is 29.8 Å². The first-order chi connectivity index (χ1) is 8.65. The van der Waals surface area contributed by atoms with Gasteiger partial charge in [0.25, 0.3) is 0 Å². The molecule has 0 saturated heterocycles. The van der Waals surface area contributed by atoms with Gasteiger partial charge in [0.05, 0.1) is 0 Å². The summed E-state index contributed by atoms with van der Waals surface area (Å²) in [6, 6.07) is 7.01. The summed E-state index contributed by atoms with van der Waals surface area (Å²) in [5.74, 6) is 0.139. The van der Waals surface area contributed by atoms with E-state index in [4.69, 9.17) is 4.74 Å². The number of hydrogen-bond donors (Lipinski definition) is 0. The minimum Gasteiger partial charge on any atom is -0.612 e. The van der Waals surface area contributed by atoms with E-state index >= 15 is 0 Å². The summed E-state index contributed by atoms with van der Waals surface area (Å²) in [5, 5.41) is 0. The van der Waals surface area contributed by atoms with E-state index in [0.717, 1.165) is 31.0 Å². The topological polar surface area (TPSA) is 49.4 Å². The maximum atomic E-state index is 11.8. The van der Waals surface area contributed by atoms with Gasteiger partial charge >= 0.3 is 0 Å². The van der Waals surface area contributed by atoms with Crippen molar-refractivity contribution in [2.24, 2.45) is 0 Å². The SMILES string of the molecule is CCOCCCCC(=O)c1ccc([S+](C)[O-])cc1. The fourth-order valence-electron chi connectivity index (χ4n) is 1.61. The lowest BCUT2D eigenvalue weighted by Crippen LogP contribution is -2.02. The number of ketones is 1. The van der Waals surface area contributed by atoms with Crippen molar-refractivity contribution in [3.8, 4) is 0 Å². The lowest BCUT2D eigenvalue weighted by Gasteiger charge is -2.05. The molecule has 0 fully saturated rings. The number of carbonyl (C=O) groups is 1. The summed E-state index contributed by atoms with van der Waals surface area (Å²) in [6.45, 7) is 3.41. The number of benzene rings is 1. The third-order valence-corrected chi connectivity index (χ3v) is 3.59. The first-order valence-electron chi connectivity index (χ1n) is 6.19. The van der Waals surface area contributed by atoms with Crippen molar-refractivity contribution in [2.75, 3.05) is 19.5 Å². The van der Waals surface area contributed by atoms with Crippen LogP contribution >= 0.6 is 0 Å². The molecule has 0 saturated carbocycles. The molecular weight excluding hydrogens is 248 g/mol. The Labute approximate surface area is 112 Å². The Morgan fingerprint density at radius 3 is 2.50 bits per heavy atom. The molecule has 1 atom stereocenters. The maximum Gasteiger partial charge on any atom is 0.162 e. The summed E-state index contributed by atoms with van der Waals surface area (Å²) in [4.78, 5) is 12.6. The van der Waals surface area contributed by atoms with Gasteiger partial charge in [0.1, 0.15) is 6.26 Å². The van der Waals surface area contributed by atoms with Crippen molar-refractivity contribution in [3.05, 3.63) is 29.8 Å². The predicted molar refractivity (Wildman–Crippen MR) is 73.4 cm³/mol. The molecule has 0 heterocycles. The molecule has 0 aliphatic rings. The van der Waals surface area contributed by atoms with Gasteiger partial charge in [-0.2, -0.15) is 0 Å². The molecule has 3 nitrogen and oxygen atoms in total. The number of rotatable bonds is 8. The highest BCUT2D eigenvalue weighted by Crippen LogP contribution is 2.12. The van der Waals surface area contributed by atoms with Crippen molar-refractivity contribution in [1.82, 2.24) is 0 Å². The molecule has 0 bridgehead atoms. The van der Waals surface area contributed by atoms with Gasteiger partial charge in [0.2, 0.25) is 0 Å². The van der Waals surface area contributed by atoms with Crippen LogP contribution in [0, 0.1) is 0 Å². The van der Waals surface area contributed by atoms with E-state index in [1.807, 2.05) is 6.92 Å². The van der Waals surface area contributed by atoms with Crippen molar-refractivity contribution in [1.29, 1.82) is 0 Å². The van der Waals surface area contributed by atoms with Crippen molar-refractivity contribution < 1.29 is 14.1 Å². The second-order valence-electron chi connectivity index (χ2n) is 4.06. The highest BCUT2D eigenvalue weighted by molar-refractivity contribution is 7.90. The molecular formula is C14H20O3S. The first-order valence-corrected chi connectivity index (χ1v) is 7.75. The summed E-state index contributed by atoms with van der Waals surface area (Å²) in [5.41, 5.74) is 0.695. The largest absolute Gasteiger partial charge is 0.612 e. The average Bonchev–Trinajstić information content (AvgIpc) is 2.38. The van der Waals surface area contributed by atoms with Gasteiger partial charge in [-0.05, 0) is 55.2 Å². The smallest absolute Gasteiger partial charge is 0.162 e. The minimum atomic E-state index is -0.987. The van der Waals surface area contributed by atoms with Crippen LogP contribution in [0.15, 0.2) is 29.2 Å². The van der Waals surface area contributed by atoms with Crippen LogP contribution in [0.5, 0.6) is 0 Å². The van der Waals surface area contributed by atoms with Gasteiger partial charge in [-0.25, -0.2) is 0 Å². The van der Waals surface area contributed by atoms with Crippen LogP contribution in [0.4, 0.5) is 0 Å². The van der Waals surface area contributed by atoms with E-state index in [2.05, 4.69) is 0 Å². The van der Waals surface area contributed by atoms with Gasteiger partial charge in [-0.15, -0.1) is 0 Å². The lowest BCUT2D eigenvalue weighted by atomic mass is 10.1. The molecule has 18 heavy (non-hydrogen) atoms. The van der Waals surface area contributed by atoms with Gasteiger partial charge in [-0.1, -0.05) is 0 Å². The van der Waals surface area contributed by atoms with Crippen LogP contribution in [0.1, 0.15) is 36.5 Å². The van der Waals surface area contributed by atoms with E-state index in [0.29, 0.717) is 12.0 Å². The zero-order chi connectivity index (χ0) is 13.4. The quantitative estimate of drug-likeness (QED) is 0.414. The standard InChI is InChI=1S/C14H20O3S/c1-3-17-11-5-4-6-14(15)12-7-9-13(10-8-12)18(2)16/h7-10H,3-6,11H2,1-2H3. The number of carbonyl (C=O) groups excluding carboxylic acids is 1. The van der Waals surface area contributed by atoms with Gasteiger partial charge in [0, 0.05) is 25.2 Å². The summed E-state index contributed by atoms with van der Waals surface area (Å²) < 4.78 is 16.4. The van der Waals surface area contributed by atoms with E-state index in [-0.39, 0.29) is 5.78 Å². The Hall–Kier alpha value is -0.840. The molecule has 0 radical (unpaired) electrons. The van der Waals surface area contributed by atoms with E-state index in [1.165, 1.54) is 0 Å². The Bertz CT molecular complexity index is 360. The van der Waals surface area contributed by atoms with E-state index in [9.17, 15) is 9.35 Å². The normalized spacial score (nSPS) is 12.4. The summed E-state index contributed by atoms with van der Waals surface area (Å²) in [7, 11) is 0. The molecule has 1 unspecified atom stereocenters. The van der Waals surface area contributed by atoms with Gasteiger partial charge in [-0.3, -0.25) is 4.79 Å². The molecule has 0 aliphatic carbocycles. The van der Waals surface area contributed by atoms with Crippen molar-refractivity contribution >= 4 is 17.0 Å². The Kier molecular flexibility index (Phi) is 7.01. The molecule has 1 aromatic rings. The van der Waals surface area contributed by atoms with Gasteiger partial charge in [0.15, 0.2) is 10.7 Å². The Morgan fingerprint density at radius 1 is 1.28 bits per heavy atom. The minimum absolute atomic E-state index is 0.139. The molecule has 0 N–H and O–H groups in total. The fourth-order valence-corrected chi connectivity index (χ4v) is 2.13. The third kappa shape index (κ3) is 5.21. The molecule has 0 aromatic heterocycles. The fraction of sp³-hybridized carbons (Fsp3) is 0.500. The third-order valence-electron chi connectivity index (χ3n) is 2.65. The Balaban J connectivity index is 2.37. The molecule has 0 amide bonds. The van der Waals surface area contributed by atoms with Crippen LogP contribution in [0.3, 0.4) is 0 Å².